The number of hydrogen-bond acceptors (Lipinski definition) is 5. The van der Waals surface area contributed by atoms with Crippen molar-refractivity contribution < 1.29 is 15.0 Å². The van der Waals surface area contributed by atoms with Crippen LogP contribution in [0.4, 0.5) is 0 Å². The van der Waals surface area contributed by atoms with Gasteiger partial charge in [0.1, 0.15) is 0 Å². The minimum absolute atomic E-state index is 0.0127. The first kappa shape index (κ1) is 13.5. The second-order valence-electron chi connectivity index (χ2n) is 4.38. The zero-order chi connectivity index (χ0) is 13.0. The number of nitrogens with one attached hydrogen (secondary N) is 1. The van der Waals surface area contributed by atoms with E-state index in [1.807, 2.05) is 4.90 Å². The fourth-order valence-electron chi connectivity index (χ4n) is 1.99. The van der Waals surface area contributed by atoms with Gasteiger partial charge < -0.3 is 20.4 Å². The molecule has 1 amide bonds. The summed E-state index contributed by atoms with van der Waals surface area (Å²) in [6.07, 6.45) is 0.919. The van der Waals surface area contributed by atoms with Crippen LogP contribution in [0.25, 0.3) is 0 Å². The molecule has 18 heavy (non-hydrogen) atoms. The molecule has 0 radical (unpaired) electrons. The van der Waals surface area contributed by atoms with E-state index in [0.29, 0.717) is 6.54 Å². The molecular weight excluding hydrogens is 252 g/mol. The van der Waals surface area contributed by atoms with Crippen molar-refractivity contribution in [1.29, 1.82) is 0 Å². The fraction of sp³-hybridized carbons (Fsp3) is 0.583. The van der Waals surface area contributed by atoms with Crippen molar-refractivity contribution in [3.05, 3.63) is 21.9 Å². The molecule has 1 aliphatic rings. The topological polar surface area (TPSA) is 72.8 Å². The molecule has 1 aliphatic heterocycles. The number of nitrogens with zero attached hydrogens (tertiary/aromatic N) is 1. The molecule has 0 aliphatic carbocycles. The number of carbonyl (C=O) groups is 1. The lowest BCUT2D eigenvalue weighted by atomic mass is 10.1. The average Bonchev–Trinajstić information content (AvgIpc) is 2.86. The van der Waals surface area contributed by atoms with Crippen molar-refractivity contribution in [3.63, 3.8) is 0 Å². The molecule has 0 atom stereocenters. The number of carbonyl (C=O) groups excluding carboxylic acids is 1. The van der Waals surface area contributed by atoms with Gasteiger partial charge in [0.25, 0.3) is 0 Å². The molecular formula is C12H18N2O3S. The Balaban J connectivity index is 1.84. The first-order chi connectivity index (χ1) is 8.74. The first-order valence-corrected chi connectivity index (χ1v) is 6.90. The second kappa shape index (κ2) is 6.29. The minimum Gasteiger partial charge on any atom is -0.395 e. The number of amides is 1. The maximum atomic E-state index is 12.0. The molecule has 2 rings (SSSR count). The lowest BCUT2D eigenvalue weighted by Gasteiger charge is -2.27. The summed E-state index contributed by atoms with van der Waals surface area (Å²) in [4.78, 5) is 15.2. The van der Waals surface area contributed by atoms with Crippen LogP contribution >= 0.6 is 11.3 Å². The maximum Gasteiger partial charge on any atom is 0.236 e. The Morgan fingerprint density at radius 1 is 1.50 bits per heavy atom. The summed E-state index contributed by atoms with van der Waals surface area (Å²) < 4.78 is 0. The van der Waals surface area contributed by atoms with E-state index in [2.05, 4.69) is 16.8 Å². The summed E-state index contributed by atoms with van der Waals surface area (Å²) in [7, 11) is 0. The van der Waals surface area contributed by atoms with E-state index < -0.39 is 6.04 Å². The third-order valence-corrected chi connectivity index (χ3v) is 4.17. The highest BCUT2D eigenvalue weighted by Gasteiger charge is 2.21. The van der Waals surface area contributed by atoms with Gasteiger partial charge in [0.15, 0.2) is 0 Å². The molecule has 6 heteroatoms. The third kappa shape index (κ3) is 3.08. The van der Waals surface area contributed by atoms with Crippen LogP contribution in [0, 0.1) is 0 Å². The van der Waals surface area contributed by atoms with Crippen LogP contribution in [-0.4, -0.2) is 53.4 Å². The molecule has 0 aromatic carbocycles. The average molecular weight is 270 g/mol. The molecule has 0 fully saturated rings. The number of thiophene rings is 1. The predicted molar refractivity (Wildman–Crippen MR) is 69.4 cm³/mol. The van der Waals surface area contributed by atoms with Crippen LogP contribution in [0.15, 0.2) is 11.4 Å². The summed E-state index contributed by atoms with van der Waals surface area (Å²) in [5.74, 6) is 0.0127. The SMILES string of the molecule is O=C(CNC(CO)CO)N1CCc2sccc2C1. The van der Waals surface area contributed by atoms with Gasteiger partial charge >= 0.3 is 0 Å². The molecule has 3 N–H and O–H groups in total. The Bertz CT molecular complexity index is 404. The van der Waals surface area contributed by atoms with Crippen molar-refractivity contribution in [2.45, 2.75) is 19.0 Å². The standard InChI is InChI=1S/C12H18N2O3S/c15-7-10(8-16)13-5-12(17)14-3-1-11-9(6-14)2-4-18-11/h2,4,10,13,15-16H,1,3,5-8H2. The molecule has 1 aromatic rings. The van der Waals surface area contributed by atoms with E-state index in [1.54, 1.807) is 11.3 Å². The van der Waals surface area contributed by atoms with Gasteiger partial charge in [0, 0.05) is 18.0 Å². The number of rotatable bonds is 5. The maximum absolute atomic E-state index is 12.0. The van der Waals surface area contributed by atoms with Crippen molar-refractivity contribution >= 4 is 17.2 Å². The fourth-order valence-corrected chi connectivity index (χ4v) is 2.88. The first-order valence-electron chi connectivity index (χ1n) is 6.02. The summed E-state index contributed by atoms with van der Waals surface area (Å²) in [5, 5.41) is 22.7. The van der Waals surface area contributed by atoms with Gasteiger partial charge in [-0.2, -0.15) is 0 Å². The van der Waals surface area contributed by atoms with E-state index in [9.17, 15) is 4.79 Å². The highest BCUT2D eigenvalue weighted by molar-refractivity contribution is 7.10. The van der Waals surface area contributed by atoms with Gasteiger partial charge in [-0.15, -0.1) is 11.3 Å². The van der Waals surface area contributed by atoms with Gasteiger partial charge in [-0.05, 0) is 23.4 Å². The molecule has 0 bridgehead atoms. The molecule has 5 nitrogen and oxygen atoms in total. The van der Waals surface area contributed by atoms with E-state index in [-0.39, 0.29) is 25.7 Å². The van der Waals surface area contributed by atoms with E-state index >= 15 is 0 Å². The Morgan fingerprint density at radius 2 is 2.28 bits per heavy atom. The lowest BCUT2D eigenvalue weighted by molar-refractivity contribution is -0.131. The van der Waals surface area contributed by atoms with Crippen LogP contribution < -0.4 is 5.32 Å². The van der Waals surface area contributed by atoms with E-state index in [4.69, 9.17) is 10.2 Å². The zero-order valence-corrected chi connectivity index (χ0v) is 10.9. The van der Waals surface area contributed by atoms with Crippen LogP contribution in [0.1, 0.15) is 10.4 Å². The Hall–Kier alpha value is -0.950. The van der Waals surface area contributed by atoms with Gasteiger partial charge in [0.05, 0.1) is 25.8 Å². The summed E-state index contributed by atoms with van der Waals surface area (Å²) in [5.41, 5.74) is 1.24. The minimum atomic E-state index is -0.421. The van der Waals surface area contributed by atoms with E-state index in [0.717, 1.165) is 13.0 Å². The predicted octanol–water partition coefficient (Wildman–Crippen LogP) is -0.424. The monoisotopic (exact) mass is 270 g/mol. The summed E-state index contributed by atoms with van der Waals surface area (Å²) in [6.45, 7) is 1.24. The molecule has 1 aromatic heterocycles. The molecule has 0 saturated carbocycles. The van der Waals surface area contributed by atoms with Gasteiger partial charge in [-0.1, -0.05) is 0 Å². The van der Waals surface area contributed by atoms with Crippen molar-refractivity contribution in [1.82, 2.24) is 10.2 Å². The molecule has 0 unspecified atom stereocenters. The van der Waals surface area contributed by atoms with Gasteiger partial charge in [0.2, 0.25) is 5.91 Å². The van der Waals surface area contributed by atoms with E-state index in [1.165, 1.54) is 10.4 Å². The number of fused-ring (bicyclic) bond motifs is 1. The van der Waals surface area contributed by atoms with Gasteiger partial charge in [-0.25, -0.2) is 0 Å². The Labute approximate surface area is 110 Å². The second-order valence-corrected chi connectivity index (χ2v) is 5.38. The highest BCUT2D eigenvalue weighted by atomic mass is 32.1. The molecule has 2 heterocycles. The normalized spacial score (nSPS) is 14.9. The summed E-state index contributed by atoms with van der Waals surface area (Å²) in [6, 6.07) is 1.65. The molecule has 100 valence electrons. The Kier molecular flexibility index (Phi) is 4.71. The zero-order valence-electron chi connectivity index (χ0n) is 10.1. The van der Waals surface area contributed by atoms with Crippen molar-refractivity contribution in [3.8, 4) is 0 Å². The Morgan fingerprint density at radius 3 is 3.00 bits per heavy atom. The van der Waals surface area contributed by atoms with Crippen LogP contribution in [0.2, 0.25) is 0 Å². The quantitative estimate of drug-likeness (QED) is 0.679. The number of aliphatic hydroxyl groups excluding tert-OH is 2. The van der Waals surface area contributed by atoms with Gasteiger partial charge in [-0.3, -0.25) is 4.79 Å². The summed E-state index contributed by atoms with van der Waals surface area (Å²) >= 11 is 1.74. The van der Waals surface area contributed by atoms with Crippen molar-refractivity contribution in [2.75, 3.05) is 26.3 Å². The van der Waals surface area contributed by atoms with Crippen LogP contribution in [-0.2, 0) is 17.8 Å². The molecule has 0 saturated heterocycles. The van der Waals surface area contributed by atoms with Crippen LogP contribution in [0.3, 0.4) is 0 Å². The third-order valence-electron chi connectivity index (χ3n) is 3.14. The van der Waals surface area contributed by atoms with Crippen molar-refractivity contribution in [2.24, 2.45) is 0 Å². The highest BCUT2D eigenvalue weighted by Crippen LogP contribution is 2.23. The number of aliphatic hydroxyl groups is 2. The lowest BCUT2D eigenvalue weighted by Crippen LogP contribution is -2.45. The largest absolute Gasteiger partial charge is 0.395 e. The molecule has 0 spiro atoms. The smallest absolute Gasteiger partial charge is 0.236 e. The van der Waals surface area contributed by atoms with Crippen LogP contribution in [0.5, 0.6) is 0 Å². The number of hydrogen-bond donors (Lipinski definition) is 3.